The van der Waals surface area contributed by atoms with E-state index in [1.54, 1.807) is 0 Å². The number of hydrogen-bond acceptors (Lipinski definition) is 7. The molecule has 11 nitrogen and oxygen atoms in total. The largest absolute Gasteiger partial charge is 4.00 e. The van der Waals surface area contributed by atoms with Gasteiger partial charge in [-0.2, -0.15) is 0 Å². The molecule has 0 aromatic rings. The van der Waals surface area contributed by atoms with Crippen LogP contribution in [0.15, 0.2) is 0 Å². The molecule has 0 fully saturated rings. The molecular weight excluding hydrogens is 861 g/mol. The van der Waals surface area contributed by atoms with Gasteiger partial charge in [-0.05, 0) is 0 Å². The van der Waals surface area contributed by atoms with Crippen LogP contribution in [0.4, 0.5) is 0 Å². The third-order valence-electron chi connectivity index (χ3n) is 0.133. The molecule has 0 saturated heterocycles. The van der Waals surface area contributed by atoms with E-state index in [0.717, 1.165) is 0 Å². The molecule has 0 spiro atoms. The molecule has 0 aromatic heterocycles. The van der Waals surface area contributed by atoms with Gasteiger partial charge in [0.15, 0.2) is 0 Å². The first-order chi connectivity index (χ1) is 5.13. The zero-order chi connectivity index (χ0) is 9.86. The molecule has 0 amide bonds. The van der Waals surface area contributed by atoms with E-state index in [1.807, 2.05) is 0 Å². The molecule has 0 aliphatic rings. The Morgan fingerprint density at radius 1 is 0.765 bits per heavy atom. The summed E-state index contributed by atoms with van der Waals surface area (Å²) in [6.45, 7) is 0. The zero-order valence-corrected chi connectivity index (χ0v) is 22.2. The molecule has 0 N–H and O–H groups in total. The second-order valence-electron chi connectivity index (χ2n) is 0.529. The summed E-state index contributed by atoms with van der Waals surface area (Å²) >= 11 is -7.62. The summed E-state index contributed by atoms with van der Waals surface area (Å²) in [5.41, 5.74) is 0. The second kappa shape index (κ2) is 60.9. The van der Waals surface area contributed by atoms with Gasteiger partial charge in [-0.25, -0.2) is 0 Å². The van der Waals surface area contributed by atoms with E-state index in [1.165, 1.54) is 0 Å². The van der Waals surface area contributed by atoms with Crippen LogP contribution in [-0.4, -0.2) is 63.7 Å². The monoisotopic (exact) mass is 859 g/mol. The van der Waals surface area contributed by atoms with Gasteiger partial charge in [0, 0.05) is 0 Å². The Morgan fingerprint density at radius 2 is 0.882 bits per heavy atom. The number of rotatable bonds is 2. The maximum absolute atomic E-state index is 9.39. The Hall–Kier alpha value is 3.32. The summed E-state index contributed by atoms with van der Waals surface area (Å²) in [4.78, 5) is 0. The van der Waals surface area contributed by atoms with Crippen molar-refractivity contribution in [2.24, 2.45) is 0 Å². The summed E-state index contributed by atoms with van der Waals surface area (Å²) in [6, 6.07) is 0. The van der Waals surface area contributed by atoms with Gasteiger partial charge in [0.2, 0.25) is 0 Å². The smallest absolute Gasteiger partial charge is 4.00 e. The molecule has 0 bridgehead atoms. The maximum atomic E-state index is 9.39. The van der Waals surface area contributed by atoms with Gasteiger partial charge in [-0.15, -0.1) is 0 Å². The van der Waals surface area contributed by atoms with Gasteiger partial charge < -0.3 is 21.9 Å². The molecular formula is O11Sb2SnTiWZr. The fourth-order valence-corrected chi connectivity index (χ4v) is 2.45. The van der Waals surface area contributed by atoms with E-state index in [0.29, 0.717) is 42.3 Å². The summed E-state index contributed by atoms with van der Waals surface area (Å²) < 4.78 is 57.6. The van der Waals surface area contributed by atoms with Crippen molar-refractivity contribution in [3.05, 3.63) is 0 Å². The Kier molecular flexibility index (Phi) is 212. The van der Waals surface area contributed by atoms with Crippen molar-refractivity contribution in [2.45, 2.75) is 0 Å². The average molecular weight is 861 g/mol. The van der Waals surface area contributed by atoms with E-state index in [4.69, 9.17) is 6.47 Å². The Bertz CT molecular complexity index is 180. The molecule has 0 aliphatic carbocycles. The Labute approximate surface area is 170 Å². The van der Waals surface area contributed by atoms with Crippen LogP contribution < -0.4 is 0 Å². The topological polar surface area (TPSA) is 226 Å². The van der Waals surface area contributed by atoms with Crippen molar-refractivity contribution in [1.29, 1.82) is 0 Å². The first-order valence-electron chi connectivity index (χ1n) is 1.47. The van der Waals surface area contributed by atoms with E-state index in [-0.39, 0.29) is 69.8 Å². The molecule has 94 valence electrons. The van der Waals surface area contributed by atoms with Crippen molar-refractivity contribution in [2.75, 3.05) is 0 Å². The van der Waals surface area contributed by atoms with Crippen molar-refractivity contribution < 1.29 is 109 Å². The van der Waals surface area contributed by atoms with Crippen molar-refractivity contribution in [3.8, 4) is 0 Å². The molecule has 0 saturated carbocycles. The predicted octanol–water partition coefficient (Wildman–Crippen LogP) is -2.41. The van der Waals surface area contributed by atoms with Crippen LogP contribution in [0.25, 0.3) is 0 Å². The van der Waals surface area contributed by atoms with Crippen LogP contribution in [0, 0.1) is 0 Å². The summed E-state index contributed by atoms with van der Waals surface area (Å²) in [5, 5.41) is 0. The summed E-state index contributed by atoms with van der Waals surface area (Å²) in [7, 11) is 0. The minimum absolute atomic E-state index is 0. The van der Waals surface area contributed by atoms with Crippen LogP contribution >= 0.6 is 0 Å². The molecule has 0 rings (SSSR count). The Morgan fingerprint density at radius 3 is 0.882 bits per heavy atom. The van der Waals surface area contributed by atoms with Crippen LogP contribution in [0.2, 0.25) is 0 Å². The van der Waals surface area contributed by atoms with Crippen molar-refractivity contribution in [1.82, 2.24) is 0 Å². The van der Waals surface area contributed by atoms with E-state index < -0.39 is 41.2 Å². The SMILES string of the molecule is [O-2].[O-2].[O-2].[O-2].[O]=[Sb](=[O])[O][Sb](=[O])=[O].[O]=[Sn].[O]=[W].[Ti+4].[Zr+4]. The van der Waals surface area contributed by atoms with Crippen molar-refractivity contribution >= 4 is 63.7 Å². The zero-order valence-electron chi connectivity index (χ0n) is 7.29. The molecule has 0 atom stereocenters. The first kappa shape index (κ1) is 59.2. The molecule has 0 unspecified atom stereocenters. The molecule has 0 aliphatic heterocycles. The van der Waals surface area contributed by atoms with Crippen LogP contribution in [-0.2, 0) is 109 Å². The molecule has 2 radical (unpaired) electrons. The normalized spacial score (nSPS) is 3.76. The molecule has 0 aromatic carbocycles. The van der Waals surface area contributed by atoms with Gasteiger partial charge in [-0.1, -0.05) is 0 Å². The van der Waals surface area contributed by atoms with Gasteiger partial charge in [0.05, 0.1) is 0 Å². The minimum atomic E-state index is -4.13. The predicted molar refractivity (Wildman–Crippen MR) is 25.2 cm³/mol. The van der Waals surface area contributed by atoms with Gasteiger partial charge in [0.1, 0.15) is 0 Å². The number of hydrogen-bond donors (Lipinski definition) is 0. The second-order valence-corrected chi connectivity index (χ2v) is 6.67. The average Bonchev–Trinajstić information content (AvgIpc) is 1.93. The van der Waals surface area contributed by atoms with Crippen LogP contribution in [0.1, 0.15) is 0 Å². The van der Waals surface area contributed by atoms with Gasteiger partial charge >= 0.3 is 151 Å². The van der Waals surface area contributed by atoms with Gasteiger partial charge in [0.25, 0.3) is 0 Å². The minimum Gasteiger partial charge on any atom is 4.00 e. The first-order valence-corrected chi connectivity index (χ1v) is 10.1. The van der Waals surface area contributed by atoms with Crippen LogP contribution in [0.3, 0.4) is 0 Å². The maximum Gasteiger partial charge on any atom is 4.00 e. The third-order valence-corrected chi connectivity index (χ3v) is 6.00. The van der Waals surface area contributed by atoms with Gasteiger partial charge in [-0.3, -0.25) is 0 Å². The van der Waals surface area contributed by atoms with E-state index in [9.17, 15) is 12.1 Å². The standard InChI is InChI=1S/11O.2Sb.Sn.Ti.W.Zr/q;;;;;;;4*-2;;;;+4;;+4. The third kappa shape index (κ3) is 108. The molecule has 0 heterocycles. The molecule has 17 heteroatoms. The fraction of sp³-hybridized carbons (Fsp3) is 0. The Balaban J connectivity index is -0.00000000838. The quantitative estimate of drug-likeness (QED) is 0.273. The van der Waals surface area contributed by atoms with E-state index >= 15 is 0 Å². The fourth-order valence-electron chi connectivity index (χ4n) is 0.0544. The molecule has 17 heavy (non-hydrogen) atoms. The summed E-state index contributed by atoms with van der Waals surface area (Å²) in [5.74, 6) is 0. The van der Waals surface area contributed by atoms with Crippen molar-refractivity contribution in [3.63, 3.8) is 0 Å². The summed E-state index contributed by atoms with van der Waals surface area (Å²) in [6.07, 6.45) is 0. The van der Waals surface area contributed by atoms with E-state index in [2.05, 4.69) is 1.29 Å². The van der Waals surface area contributed by atoms with Crippen LogP contribution in [0.5, 0.6) is 0 Å².